The Bertz CT molecular complexity index is 370. The molecule has 24 heavy (non-hydrogen) atoms. The Hall–Kier alpha value is -0.570. The molecular weight excluding hydrogens is 421 g/mol. The number of hydrogen-bond acceptors (Lipinski definition) is 4. The van der Waals surface area contributed by atoms with Gasteiger partial charge in [0.2, 0.25) is 0 Å². The Balaban J connectivity index is 0.00000529. The number of ether oxygens (including phenoxy) is 2. The van der Waals surface area contributed by atoms with Crippen LogP contribution in [0.25, 0.3) is 0 Å². The van der Waals surface area contributed by atoms with Gasteiger partial charge in [-0.25, -0.2) is 0 Å². The third kappa shape index (κ3) is 9.05. The molecule has 0 radical (unpaired) electrons. The van der Waals surface area contributed by atoms with Crippen LogP contribution in [-0.4, -0.2) is 63.3 Å². The van der Waals surface area contributed by atoms with E-state index in [-0.39, 0.29) is 35.9 Å². The summed E-state index contributed by atoms with van der Waals surface area (Å²) in [4.78, 5) is 18.4. The van der Waals surface area contributed by atoms with Gasteiger partial charge in [-0.2, -0.15) is 0 Å². The first-order chi connectivity index (χ1) is 11.1. The molecule has 6 nitrogen and oxygen atoms in total. The lowest BCUT2D eigenvalue weighted by molar-refractivity contribution is -0.146. The van der Waals surface area contributed by atoms with Crippen LogP contribution in [0, 0.1) is 11.8 Å². The van der Waals surface area contributed by atoms with Crippen LogP contribution in [0.15, 0.2) is 4.99 Å². The van der Waals surface area contributed by atoms with Crippen LogP contribution in [0.2, 0.25) is 0 Å². The molecule has 0 aromatic rings. The number of esters is 1. The van der Waals surface area contributed by atoms with Crippen molar-refractivity contribution in [3.8, 4) is 0 Å². The molecule has 7 heteroatoms. The minimum Gasteiger partial charge on any atom is -0.469 e. The molecule has 0 amide bonds. The highest BCUT2D eigenvalue weighted by atomic mass is 127. The molecule has 1 saturated heterocycles. The summed E-state index contributed by atoms with van der Waals surface area (Å²) < 4.78 is 10.4. The summed E-state index contributed by atoms with van der Waals surface area (Å²) >= 11 is 0. The lowest BCUT2D eigenvalue weighted by atomic mass is 9.97. The maximum absolute atomic E-state index is 11.6. The predicted molar refractivity (Wildman–Crippen MR) is 108 cm³/mol. The van der Waals surface area contributed by atoms with E-state index >= 15 is 0 Å². The van der Waals surface area contributed by atoms with Gasteiger partial charge in [0, 0.05) is 26.2 Å². The number of methoxy groups -OCH3 is 1. The number of carbonyl (C=O) groups is 1. The fourth-order valence-corrected chi connectivity index (χ4v) is 2.56. The Morgan fingerprint density at radius 1 is 1.29 bits per heavy atom. The van der Waals surface area contributed by atoms with Gasteiger partial charge in [-0.1, -0.05) is 13.8 Å². The van der Waals surface area contributed by atoms with Crippen LogP contribution in [0.1, 0.15) is 40.0 Å². The number of halogens is 1. The number of carbonyl (C=O) groups excluding carboxylic acids is 1. The molecular formula is C17H34IN3O3. The minimum absolute atomic E-state index is 0. The molecule has 0 spiro atoms. The van der Waals surface area contributed by atoms with E-state index in [9.17, 15) is 4.79 Å². The summed E-state index contributed by atoms with van der Waals surface area (Å²) in [5, 5.41) is 3.32. The molecule has 1 rings (SSSR count). The first-order valence-electron chi connectivity index (χ1n) is 8.77. The van der Waals surface area contributed by atoms with Gasteiger partial charge in [-0.3, -0.25) is 9.79 Å². The van der Waals surface area contributed by atoms with Crippen LogP contribution in [0.3, 0.4) is 0 Å². The third-order valence-electron chi connectivity index (χ3n) is 4.00. The second-order valence-corrected chi connectivity index (χ2v) is 6.32. The number of aliphatic imine (C=N–C) groups is 1. The van der Waals surface area contributed by atoms with E-state index in [0.717, 1.165) is 51.5 Å². The summed E-state index contributed by atoms with van der Waals surface area (Å²) in [7, 11) is 1.46. The molecule has 0 unspecified atom stereocenters. The van der Waals surface area contributed by atoms with Gasteiger partial charge >= 0.3 is 5.97 Å². The van der Waals surface area contributed by atoms with Crippen LogP contribution in [0.5, 0.6) is 0 Å². The first-order valence-corrected chi connectivity index (χ1v) is 8.77. The smallest absolute Gasteiger partial charge is 0.308 e. The zero-order valence-electron chi connectivity index (χ0n) is 15.5. The molecule has 0 saturated carbocycles. The third-order valence-corrected chi connectivity index (χ3v) is 4.00. The van der Waals surface area contributed by atoms with Crippen molar-refractivity contribution in [2.75, 3.05) is 46.5 Å². The van der Waals surface area contributed by atoms with Crippen molar-refractivity contribution in [3.63, 3.8) is 0 Å². The predicted octanol–water partition coefficient (Wildman–Crippen LogP) is 2.52. The number of piperidine rings is 1. The van der Waals surface area contributed by atoms with E-state index in [4.69, 9.17) is 9.47 Å². The second kappa shape index (κ2) is 13.7. The molecule has 1 heterocycles. The standard InChI is InChI=1S/C17H33N3O3.HI/c1-5-18-17(19-9-13-23-12-8-14(2)3)20-10-6-15(7-11-20)16(21)22-4;/h14-15H,5-13H2,1-4H3,(H,18,19);1H. The van der Waals surface area contributed by atoms with Gasteiger partial charge in [-0.05, 0) is 32.1 Å². The number of hydrogen-bond donors (Lipinski definition) is 1. The molecule has 1 fully saturated rings. The van der Waals surface area contributed by atoms with Crippen molar-refractivity contribution < 1.29 is 14.3 Å². The second-order valence-electron chi connectivity index (χ2n) is 6.32. The summed E-state index contributed by atoms with van der Waals surface area (Å²) in [5.74, 6) is 1.53. The maximum atomic E-state index is 11.6. The fraction of sp³-hybridized carbons (Fsp3) is 0.882. The van der Waals surface area contributed by atoms with Gasteiger partial charge in [0.25, 0.3) is 0 Å². The molecule has 0 atom stereocenters. The van der Waals surface area contributed by atoms with Gasteiger partial charge in [0.15, 0.2) is 5.96 Å². The highest BCUT2D eigenvalue weighted by Gasteiger charge is 2.26. The normalized spacial score (nSPS) is 16.0. The van der Waals surface area contributed by atoms with Crippen LogP contribution >= 0.6 is 24.0 Å². The summed E-state index contributed by atoms with van der Waals surface area (Å²) in [6.45, 7) is 11.1. The monoisotopic (exact) mass is 455 g/mol. The average Bonchev–Trinajstić information content (AvgIpc) is 2.56. The highest BCUT2D eigenvalue weighted by Crippen LogP contribution is 2.18. The molecule has 1 aliphatic heterocycles. The summed E-state index contributed by atoms with van der Waals surface area (Å²) in [6, 6.07) is 0. The molecule has 1 aliphatic rings. The Morgan fingerprint density at radius 2 is 1.96 bits per heavy atom. The lowest BCUT2D eigenvalue weighted by Gasteiger charge is -2.33. The number of nitrogens with zero attached hydrogens (tertiary/aromatic N) is 2. The molecule has 0 aromatic carbocycles. The first kappa shape index (κ1) is 23.4. The SMILES string of the molecule is CCNC(=NCCOCCC(C)C)N1CCC(C(=O)OC)CC1.I. The van der Waals surface area contributed by atoms with E-state index in [1.165, 1.54) is 7.11 Å². The zero-order chi connectivity index (χ0) is 17.1. The molecule has 1 N–H and O–H groups in total. The largest absolute Gasteiger partial charge is 0.469 e. The quantitative estimate of drug-likeness (QED) is 0.200. The number of likely N-dealkylation sites (tertiary alicyclic amines) is 1. The maximum Gasteiger partial charge on any atom is 0.308 e. The van der Waals surface area contributed by atoms with Crippen molar-refractivity contribution in [2.24, 2.45) is 16.8 Å². The number of nitrogens with one attached hydrogen (secondary N) is 1. The van der Waals surface area contributed by atoms with E-state index < -0.39 is 0 Å². The minimum atomic E-state index is -0.0925. The van der Waals surface area contributed by atoms with Gasteiger partial charge in [0.1, 0.15) is 0 Å². The van der Waals surface area contributed by atoms with Crippen molar-refractivity contribution >= 4 is 35.9 Å². The van der Waals surface area contributed by atoms with E-state index in [2.05, 4.69) is 36.0 Å². The molecule has 0 aromatic heterocycles. The summed E-state index contributed by atoms with van der Waals surface area (Å²) in [5.41, 5.74) is 0. The number of guanidine groups is 1. The molecule has 0 bridgehead atoms. The van der Waals surface area contributed by atoms with Crippen molar-refractivity contribution in [3.05, 3.63) is 0 Å². The average molecular weight is 455 g/mol. The van der Waals surface area contributed by atoms with Gasteiger partial charge in [-0.15, -0.1) is 24.0 Å². The molecule has 0 aliphatic carbocycles. The van der Waals surface area contributed by atoms with Gasteiger partial charge in [0.05, 0.1) is 26.2 Å². The van der Waals surface area contributed by atoms with Crippen molar-refractivity contribution in [2.45, 2.75) is 40.0 Å². The highest BCUT2D eigenvalue weighted by molar-refractivity contribution is 14.0. The Morgan fingerprint density at radius 3 is 2.50 bits per heavy atom. The van der Waals surface area contributed by atoms with E-state index in [1.807, 2.05) is 0 Å². The fourth-order valence-electron chi connectivity index (χ4n) is 2.56. The topological polar surface area (TPSA) is 63.2 Å². The summed E-state index contributed by atoms with van der Waals surface area (Å²) in [6.07, 6.45) is 2.73. The van der Waals surface area contributed by atoms with Gasteiger partial charge < -0.3 is 19.7 Å². The zero-order valence-corrected chi connectivity index (χ0v) is 17.9. The number of rotatable bonds is 8. The van der Waals surface area contributed by atoms with Crippen molar-refractivity contribution in [1.29, 1.82) is 0 Å². The Labute approximate surface area is 163 Å². The van der Waals surface area contributed by atoms with Crippen molar-refractivity contribution in [1.82, 2.24) is 10.2 Å². The van der Waals surface area contributed by atoms with E-state index in [0.29, 0.717) is 19.1 Å². The van der Waals surface area contributed by atoms with Crippen LogP contribution < -0.4 is 5.32 Å². The lowest BCUT2D eigenvalue weighted by Crippen LogP contribution is -2.46. The van der Waals surface area contributed by atoms with Crippen LogP contribution in [-0.2, 0) is 14.3 Å². The Kier molecular flexibility index (Phi) is 13.4. The van der Waals surface area contributed by atoms with Crippen LogP contribution in [0.4, 0.5) is 0 Å². The van der Waals surface area contributed by atoms with E-state index in [1.54, 1.807) is 0 Å². The molecule has 142 valence electrons.